The molecule has 0 saturated heterocycles. The number of hydrogen-bond donors (Lipinski definition) is 4. The summed E-state index contributed by atoms with van der Waals surface area (Å²) in [5, 5.41) is 39.1. The zero-order chi connectivity index (χ0) is 16.1. The second kappa shape index (κ2) is 4.39. The average Bonchev–Trinajstić information content (AvgIpc) is 2.44. The second-order valence-electron chi connectivity index (χ2n) is 4.69. The number of carbonyl (C=O) groups excluding carboxylic acids is 1. The Hall–Kier alpha value is -2.73. The summed E-state index contributed by atoms with van der Waals surface area (Å²) in [6, 6.07) is 7.23. The monoisotopic (exact) mass is 289 g/mol. The Morgan fingerprint density at radius 3 is 2.43 bits per heavy atom. The molecule has 1 heterocycles. The van der Waals surface area contributed by atoms with Crippen molar-refractivity contribution in [2.75, 3.05) is 0 Å². The van der Waals surface area contributed by atoms with Crippen molar-refractivity contribution < 1.29 is 31.3 Å². The zero-order valence-electron chi connectivity index (χ0n) is 11.6. The summed E-state index contributed by atoms with van der Waals surface area (Å²) >= 11 is 0. The third kappa shape index (κ3) is 2.15. The summed E-state index contributed by atoms with van der Waals surface area (Å²) < 4.78 is 13.3. The van der Waals surface area contributed by atoms with Gasteiger partial charge in [0.05, 0.1) is 6.40 Å². The first-order valence-corrected chi connectivity index (χ1v) is 6.06. The van der Waals surface area contributed by atoms with Crippen molar-refractivity contribution in [3.63, 3.8) is 0 Å². The van der Waals surface area contributed by atoms with E-state index >= 15 is 0 Å². The lowest BCUT2D eigenvalue weighted by Crippen LogP contribution is -2.39. The molecule has 0 saturated carbocycles. The maximum absolute atomic E-state index is 12.3. The third-order valence-electron chi connectivity index (χ3n) is 3.19. The molecule has 21 heavy (non-hydrogen) atoms. The molecule has 3 rings (SSSR count). The summed E-state index contributed by atoms with van der Waals surface area (Å²) in [7, 11) is 0. The van der Waals surface area contributed by atoms with Crippen LogP contribution in [0.15, 0.2) is 36.4 Å². The highest BCUT2D eigenvalue weighted by molar-refractivity contribution is 6.03. The van der Waals surface area contributed by atoms with Gasteiger partial charge in [-0.25, -0.2) is 0 Å². The number of aliphatic hydroxyl groups is 1. The quantitative estimate of drug-likeness (QED) is 0.635. The number of rotatable bonds is 1. The molecule has 0 aliphatic carbocycles. The van der Waals surface area contributed by atoms with Crippen molar-refractivity contribution in [3.8, 4) is 23.0 Å². The molecule has 6 heteroatoms. The molecule has 0 spiro atoms. The minimum Gasteiger partial charge on any atom is -0.508 e. The van der Waals surface area contributed by atoms with E-state index in [1.54, 1.807) is 0 Å². The molecule has 0 radical (unpaired) electrons. The van der Waals surface area contributed by atoms with Crippen molar-refractivity contribution in [1.82, 2.24) is 0 Å². The van der Waals surface area contributed by atoms with E-state index in [9.17, 15) is 25.2 Å². The summed E-state index contributed by atoms with van der Waals surface area (Å²) in [4.78, 5) is 12.3. The van der Waals surface area contributed by atoms with Crippen LogP contribution in [0.5, 0.6) is 23.0 Å². The molecule has 2 aromatic rings. The molecular weight excluding hydrogens is 276 g/mol. The van der Waals surface area contributed by atoms with Gasteiger partial charge in [0.25, 0.3) is 0 Å². The van der Waals surface area contributed by atoms with Gasteiger partial charge in [-0.2, -0.15) is 0 Å². The largest absolute Gasteiger partial charge is 0.508 e. The van der Waals surface area contributed by atoms with Gasteiger partial charge in [0.2, 0.25) is 5.79 Å². The van der Waals surface area contributed by atoms with Crippen LogP contribution >= 0.6 is 0 Å². The Labute approximate surface area is 120 Å². The number of phenols is 3. The number of carbonyl (C=O) groups is 1. The highest BCUT2D eigenvalue weighted by atomic mass is 16.6. The molecule has 0 bridgehead atoms. The van der Waals surface area contributed by atoms with E-state index in [0.29, 0.717) is 0 Å². The Morgan fingerprint density at radius 1 is 1.10 bits per heavy atom. The molecule has 0 fully saturated rings. The SMILES string of the molecule is [2H]C1C(=O)c2c(O)cc(O)cc2O[C@]1(O)c1ccc(O)cc1. The van der Waals surface area contributed by atoms with Gasteiger partial charge in [0.1, 0.15) is 28.6 Å². The number of ketones is 1. The first-order chi connectivity index (χ1) is 10.3. The summed E-state index contributed by atoms with van der Waals surface area (Å²) in [5.74, 6) is -4.27. The number of fused-ring (bicyclic) bond motifs is 1. The van der Waals surface area contributed by atoms with Gasteiger partial charge in [0.15, 0.2) is 5.78 Å². The maximum atomic E-state index is 12.3. The van der Waals surface area contributed by atoms with Crippen LogP contribution in [0.3, 0.4) is 0 Å². The van der Waals surface area contributed by atoms with Crippen LogP contribution in [0.2, 0.25) is 0 Å². The Bertz CT molecular complexity index is 757. The van der Waals surface area contributed by atoms with Gasteiger partial charge in [-0.1, -0.05) is 0 Å². The fraction of sp³-hybridized carbons (Fsp3) is 0.133. The predicted octanol–water partition coefficient (Wildman–Crippen LogP) is 1.61. The fourth-order valence-electron chi connectivity index (χ4n) is 2.20. The topological polar surface area (TPSA) is 107 Å². The molecule has 0 aromatic heterocycles. The second-order valence-corrected chi connectivity index (χ2v) is 4.69. The van der Waals surface area contributed by atoms with Gasteiger partial charge in [0, 0.05) is 19.1 Å². The van der Waals surface area contributed by atoms with E-state index in [1.807, 2.05) is 0 Å². The van der Waals surface area contributed by atoms with Crippen LogP contribution in [0.1, 0.15) is 23.7 Å². The van der Waals surface area contributed by atoms with E-state index in [2.05, 4.69) is 0 Å². The summed E-state index contributed by atoms with van der Waals surface area (Å²) in [5.41, 5.74) is -0.173. The Balaban J connectivity index is 2.16. The normalized spacial score (nSPS) is 24.9. The van der Waals surface area contributed by atoms with Crippen LogP contribution < -0.4 is 4.74 Å². The number of ether oxygens (including phenoxy) is 1. The highest BCUT2D eigenvalue weighted by Gasteiger charge is 2.42. The van der Waals surface area contributed by atoms with E-state index < -0.39 is 23.7 Å². The first-order valence-electron chi connectivity index (χ1n) is 6.64. The lowest BCUT2D eigenvalue weighted by atomic mass is 9.92. The van der Waals surface area contributed by atoms with Gasteiger partial charge in [-0.05, 0) is 24.3 Å². The molecule has 1 unspecified atom stereocenters. The number of aromatic hydroxyl groups is 3. The lowest BCUT2D eigenvalue weighted by Gasteiger charge is -2.33. The van der Waals surface area contributed by atoms with Crippen molar-refractivity contribution in [3.05, 3.63) is 47.5 Å². The van der Waals surface area contributed by atoms with Gasteiger partial charge < -0.3 is 25.2 Å². The number of phenolic OH excluding ortho intramolecular Hbond substituents is 3. The number of Topliss-reactive ketones (excluding diaryl/α,β-unsaturated/α-hetero) is 1. The minimum atomic E-state index is -2.29. The smallest absolute Gasteiger partial charge is 0.242 e. The third-order valence-corrected chi connectivity index (χ3v) is 3.19. The summed E-state index contributed by atoms with van der Waals surface area (Å²) in [6.07, 6.45) is -1.74. The van der Waals surface area contributed by atoms with E-state index in [1.165, 1.54) is 24.3 Å². The van der Waals surface area contributed by atoms with E-state index in [-0.39, 0.29) is 28.4 Å². The lowest BCUT2D eigenvalue weighted by molar-refractivity contribution is -0.147. The number of benzene rings is 2. The standard InChI is InChI=1S/C15H12O6/c16-9-3-1-8(2-4-9)15(20)7-12(19)14-11(18)5-10(17)6-13(14)21-15/h1-6,16-18,20H,7H2/t15-/m0/s1/i7D/t7?,15-. The van der Waals surface area contributed by atoms with Crippen molar-refractivity contribution >= 4 is 5.78 Å². The number of hydrogen-bond acceptors (Lipinski definition) is 6. The Morgan fingerprint density at radius 2 is 1.76 bits per heavy atom. The molecule has 108 valence electrons. The molecule has 1 aliphatic rings. The molecule has 2 aromatic carbocycles. The van der Waals surface area contributed by atoms with Crippen molar-refractivity contribution in [1.29, 1.82) is 0 Å². The van der Waals surface area contributed by atoms with Crippen LogP contribution in [-0.2, 0) is 5.79 Å². The molecule has 6 nitrogen and oxygen atoms in total. The van der Waals surface area contributed by atoms with Crippen LogP contribution in [-0.4, -0.2) is 26.2 Å². The average molecular weight is 289 g/mol. The van der Waals surface area contributed by atoms with Crippen LogP contribution in [0.4, 0.5) is 0 Å². The predicted molar refractivity (Wildman–Crippen MR) is 71.4 cm³/mol. The van der Waals surface area contributed by atoms with E-state index in [0.717, 1.165) is 12.1 Å². The van der Waals surface area contributed by atoms with Crippen LogP contribution in [0, 0.1) is 0 Å². The van der Waals surface area contributed by atoms with Gasteiger partial charge >= 0.3 is 0 Å². The van der Waals surface area contributed by atoms with Crippen molar-refractivity contribution in [2.45, 2.75) is 12.2 Å². The zero-order valence-corrected chi connectivity index (χ0v) is 10.6. The molecule has 4 N–H and O–H groups in total. The highest BCUT2D eigenvalue weighted by Crippen LogP contribution is 2.43. The maximum Gasteiger partial charge on any atom is 0.242 e. The Kier molecular flexibility index (Phi) is 2.52. The van der Waals surface area contributed by atoms with Gasteiger partial charge in [-0.15, -0.1) is 0 Å². The molecule has 2 atom stereocenters. The molecule has 0 amide bonds. The van der Waals surface area contributed by atoms with Gasteiger partial charge in [-0.3, -0.25) is 4.79 Å². The molecule has 1 aliphatic heterocycles. The fourth-order valence-corrected chi connectivity index (χ4v) is 2.20. The van der Waals surface area contributed by atoms with Crippen LogP contribution in [0.25, 0.3) is 0 Å². The first kappa shape index (κ1) is 12.0. The van der Waals surface area contributed by atoms with Crippen molar-refractivity contribution in [2.24, 2.45) is 0 Å². The minimum absolute atomic E-state index is 0.0493. The van der Waals surface area contributed by atoms with E-state index in [4.69, 9.17) is 6.11 Å². The molecular formula is C15H12O6. The summed E-state index contributed by atoms with van der Waals surface area (Å²) in [6.45, 7) is 0.